The standard InChI is InChI=1S/C30H27Cl3F2N4O2/c1-29(2,3)13-23-30(14-36,18-9-8-16(31)12-21(18)34)24(17-5-4-6-19(32)25(17)35)26(39-23)28(41)38-22-10-7-15(27(37)40)11-20(22)33/h4-12,23-24,26,39H,13H2,1-3H3,(H2,37,40)(H,38,41)/t23-,24-,26+,30-/m0/s1. The normalized spacial score (nSPS) is 22.3. The molecule has 4 rings (SSSR count). The summed E-state index contributed by atoms with van der Waals surface area (Å²) in [6, 6.07) is 12.6. The summed E-state index contributed by atoms with van der Waals surface area (Å²) in [5.41, 5.74) is 3.39. The molecule has 2 amide bonds. The van der Waals surface area contributed by atoms with Gasteiger partial charge in [-0.2, -0.15) is 5.26 Å². The number of hydrogen-bond acceptors (Lipinski definition) is 4. The van der Waals surface area contributed by atoms with Gasteiger partial charge in [0, 0.05) is 28.1 Å². The number of amides is 2. The molecule has 1 heterocycles. The van der Waals surface area contributed by atoms with E-state index >= 15 is 8.78 Å². The lowest BCUT2D eigenvalue weighted by Gasteiger charge is -2.37. The summed E-state index contributed by atoms with van der Waals surface area (Å²) in [5.74, 6) is -4.19. The van der Waals surface area contributed by atoms with Crippen molar-refractivity contribution in [3.63, 3.8) is 0 Å². The fourth-order valence-corrected chi connectivity index (χ4v) is 6.11. The molecule has 0 aliphatic carbocycles. The van der Waals surface area contributed by atoms with Crippen LogP contribution in [0, 0.1) is 28.4 Å². The van der Waals surface area contributed by atoms with Crippen molar-refractivity contribution in [3.05, 3.63) is 98.0 Å². The summed E-state index contributed by atoms with van der Waals surface area (Å²) in [6.07, 6.45) is 0.319. The highest BCUT2D eigenvalue weighted by Crippen LogP contribution is 2.53. The van der Waals surface area contributed by atoms with Crippen LogP contribution in [0.4, 0.5) is 14.5 Å². The SMILES string of the molecule is CC(C)(C)C[C@@H]1N[C@@H](C(=O)Nc2ccc(C(N)=O)cc2Cl)[C@H](c2cccc(Cl)c2F)[C@@]1(C#N)c1ccc(Cl)cc1F. The maximum Gasteiger partial charge on any atom is 0.248 e. The van der Waals surface area contributed by atoms with Gasteiger partial charge in [-0.1, -0.05) is 73.8 Å². The van der Waals surface area contributed by atoms with Gasteiger partial charge in [-0.15, -0.1) is 0 Å². The molecule has 6 nitrogen and oxygen atoms in total. The first-order valence-corrected chi connectivity index (χ1v) is 13.8. The van der Waals surface area contributed by atoms with Crippen molar-refractivity contribution in [2.24, 2.45) is 11.1 Å². The number of rotatable bonds is 6. The lowest BCUT2D eigenvalue weighted by Crippen LogP contribution is -2.45. The summed E-state index contributed by atoms with van der Waals surface area (Å²) in [4.78, 5) is 25.5. The molecule has 0 radical (unpaired) electrons. The first-order valence-electron chi connectivity index (χ1n) is 12.7. The minimum Gasteiger partial charge on any atom is -0.366 e. The first kappa shape index (κ1) is 30.7. The molecule has 0 spiro atoms. The molecular formula is C30H27Cl3F2N4O2. The summed E-state index contributed by atoms with van der Waals surface area (Å²) in [7, 11) is 0. The molecule has 41 heavy (non-hydrogen) atoms. The van der Waals surface area contributed by atoms with Crippen molar-refractivity contribution < 1.29 is 18.4 Å². The molecule has 1 aliphatic heterocycles. The molecule has 1 saturated heterocycles. The van der Waals surface area contributed by atoms with Gasteiger partial charge in [-0.05, 0) is 53.8 Å². The van der Waals surface area contributed by atoms with Crippen LogP contribution >= 0.6 is 34.8 Å². The predicted molar refractivity (Wildman–Crippen MR) is 156 cm³/mol. The van der Waals surface area contributed by atoms with Crippen LogP contribution < -0.4 is 16.4 Å². The molecule has 4 atom stereocenters. The van der Waals surface area contributed by atoms with Crippen LogP contribution in [0.15, 0.2) is 54.6 Å². The maximum atomic E-state index is 15.7. The molecule has 0 saturated carbocycles. The molecule has 1 fully saturated rings. The fraction of sp³-hybridized carbons (Fsp3) is 0.300. The maximum absolute atomic E-state index is 15.7. The molecule has 3 aromatic carbocycles. The third-order valence-electron chi connectivity index (χ3n) is 7.24. The average Bonchev–Trinajstić information content (AvgIpc) is 3.19. The second-order valence-corrected chi connectivity index (χ2v) is 12.5. The highest BCUT2D eigenvalue weighted by Gasteiger charge is 2.61. The van der Waals surface area contributed by atoms with Crippen LogP contribution in [0.3, 0.4) is 0 Å². The number of nitriles is 1. The van der Waals surface area contributed by atoms with Gasteiger partial charge in [0.2, 0.25) is 11.8 Å². The smallest absolute Gasteiger partial charge is 0.248 e. The van der Waals surface area contributed by atoms with Crippen LogP contribution in [0.25, 0.3) is 0 Å². The van der Waals surface area contributed by atoms with Gasteiger partial charge in [-0.3, -0.25) is 9.59 Å². The second-order valence-electron chi connectivity index (χ2n) is 11.2. The van der Waals surface area contributed by atoms with Crippen LogP contribution in [-0.2, 0) is 10.2 Å². The fourth-order valence-electron chi connectivity index (χ4n) is 5.54. The van der Waals surface area contributed by atoms with E-state index in [1.165, 1.54) is 48.5 Å². The van der Waals surface area contributed by atoms with Crippen LogP contribution in [0.5, 0.6) is 0 Å². The Hall–Kier alpha value is -3.22. The Kier molecular flexibility index (Phi) is 8.68. The van der Waals surface area contributed by atoms with Gasteiger partial charge in [0.15, 0.2) is 0 Å². The Balaban J connectivity index is 1.94. The van der Waals surface area contributed by atoms with Crippen molar-refractivity contribution >= 4 is 52.3 Å². The van der Waals surface area contributed by atoms with E-state index in [1.807, 2.05) is 20.8 Å². The van der Waals surface area contributed by atoms with E-state index in [0.717, 1.165) is 6.07 Å². The number of primary amides is 1. The Morgan fingerprint density at radius 1 is 1.07 bits per heavy atom. The summed E-state index contributed by atoms with van der Waals surface area (Å²) >= 11 is 18.5. The number of carbonyl (C=O) groups excluding carboxylic acids is 2. The zero-order valence-corrected chi connectivity index (χ0v) is 24.6. The van der Waals surface area contributed by atoms with Gasteiger partial charge >= 0.3 is 0 Å². The molecule has 0 bridgehead atoms. The molecule has 0 unspecified atom stereocenters. The number of carbonyl (C=O) groups is 2. The monoisotopic (exact) mass is 618 g/mol. The van der Waals surface area contributed by atoms with E-state index < -0.39 is 46.9 Å². The predicted octanol–water partition coefficient (Wildman–Crippen LogP) is 6.98. The Labute approximate surface area is 251 Å². The number of nitrogens with one attached hydrogen (secondary N) is 2. The topological polar surface area (TPSA) is 108 Å². The minimum atomic E-state index is -1.77. The molecule has 3 aromatic rings. The number of hydrogen-bond donors (Lipinski definition) is 3. The quantitative estimate of drug-likeness (QED) is 0.277. The Bertz CT molecular complexity index is 1570. The largest absolute Gasteiger partial charge is 0.366 e. The number of nitrogens with two attached hydrogens (primary N) is 1. The lowest BCUT2D eigenvalue weighted by molar-refractivity contribution is -0.118. The van der Waals surface area contributed by atoms with E-state index in [1.54, 1.807) is 0 Å². The van der Waals surface area contributed by atoms with Crippen molar-refractivity contribution in [3.8, 4) is 6.07 Å². The molecule has 0 aromatic heterocycles. The van der Waals surface area contributed by atoms with Gasteiger partial charge in [0.25, 0.3) is 0 Å². The van der Waals surface area contributed by atoms with E-state index in [4.69, 9.17) is 40.5 Å². The summed E-state index contributed by atoms with van der Waals surface area (Å²) < 4.78 is 31.4. The highest BCUT2D eigenvalue weighted by molar-refractivity contribution is 6.34. The highest BCUT2D eigenvalue weighted by atomic mass is 35.5. The Morgan fingerprint density at radius 2 is 1.78 bits per heavy atom. The zero-order valence-electron chi connectivity index (χ0n) is 22.4. The molecule has 4 N–H and O–H groups in total. The van der Waals surface area contributed by atoms with Gasteiger partial charge in [-0.25, -0.2) is 8.78 Å². The molecule has 214 valence electrons. The van der Waals surface area contributed by atoms with Crippen molar-refractivity contribution in [2.45, 2.75) is 50.6 Å². The van der Waals surface area contributed by atoms with Gasteiger partial charge in [0.1, 0.15) is 17.0 Å². The van der Waals surface area contributed by atoms with E-state index in [-0.39, 0.29) is 42.9 Å². The van der Waals surface area contributed by atoms with E-state index in [9.17, 15) is 14.9 Å². The molecule has 11 heteroatoms. The van der Waals surface area contributed by atoms with Crippen molar-refractivity contribution in [1.82, 2.24) is 5.32 Å². The number of benzene rings is 3. The third-order valence-corrected chi connectivity index (χ3v) is 8.08. The van der Waals surface area contributed by atoms with Crippen LogP contribution in [0.2, 0.25) is 15.1 Å². The lowest BCUT2D eigenvalue weighted by atomic mass is 9.62. The van der Waals surface area contributed by atoms with Gasteiger partial charge < -0.3 is 16.4 Å². The number of nitrogens with zero attached hydrogens (tertiary/aromatic N) is 1. The average molecular weight is 620 g/mol. The van der Waals surface area contributed by atoms with E-state index in [0.29, 0.717) is 6.42 Å². The first-order chi connectivity index (χ1) is 19.2. The summed E-state index contributed by atoms with van der Waals surface area (Å²) in [6.45, 7) is 5.83. The van der Waals surface area contributed by atoms with Crippen molar-refractivity contribution in [1.29, 1.82) is 5.26 Å². The zero-order chi connectivity index (χ0) is 30.3. The van der Waals surface area contributed by atoms with Crippen LogP contribution in [0.1, 0.15) is 54.6 Å². The summed E-state index contributed by atoms with van der Waals surface area (Å²) in [5, 5.41) is 16.8. The number of anilines is 1. The Morgan fingerprint density at radius 3 is 2.37 bits per heavy atom. The van der Waals surface area contributed by atoms with Gasteiger partial charge in [0.05, 0.1) is 27.8 Å². The third kappa shape index (κ3) is 5.91. The molecule has 1 aliphatic rings. The number of halogens is 5. The molecular weight excluding hydrogens is 593 g/mol. The van der Waals surface area contributed by atoms with Crippen LogP contribution in [-0.4, -0.2) is 23.9 Å². The second kappa shape index (κ2) is 11.6. The minimum absolute atomic E-state index is 0.0327. The van der Waals surface area contributed by atoms with E-state index in [2.05, 4.69) is 16.7 Å². The van der Waals surface area contributed by atoms with Crippen molar-refractivity contribution in [2.75, 3.05) is 5.32 Å².